The van der Waals surface area contributed by atoms with E-state index in [1.807, 2.05) is 0 Å². The Morgan fingerprint density at radius 3 is 1.39 bits per heavy atom. The molecule has 84 heavy (non-hydrogen) atoms. The highest BCUT2D eigenvalue weighted by atomic mass is 32.3. The van der Waals surface area contributed by atoms with Crippen LogP contribution < -0.4 is 27.3 Å². The standard InChI is InChI=1S/C11H18N4O7S.C10H15N3O7S.C9H16N4O7S.C8H10N4O5S2/c16-10(13-21-8-3-4-12-5-8)9-2-1-7-6-14(9)11(17)15(7)22-23(18,19)20;1-6(14)4-11-9(15)8-3-2-7-5-12(8)10(16)13(7)20-21(17,18)19;10-3-4-19-11-8(14)7-2-1-6-5-12(7)9(15)13(6)20-21(16,17)18;13-8-11-3-5(12(8)17-19(14,15)16)1-2-6(11)7-10-9-4-18-7/h7-9,12H,1-6H2,(H,13,16)(H,18,19,20);7-8H,2-5H2,1H3,(H,11,15)(H,17,18,19);6-7H,1-5,10H2,(H,11,14)(H,16,17,18);4-6H,1-3H2,(H,14,15,16). The molecule has 10 N–H and O–H groups in total. The second kappa shape index (κ2) is 27.2. The van der Waals surface area contributed by atoms with Crippen LogP contribution in [0.25, 0.3) is 0 Å². The second-order valence-electron chi connectivity index (χ2n) is 19.5. The van der Waals surface area contributed by atoms with E-state index in [1.54, 1.807) is 5.51 Å². The fourth-order valence-electron chi connectivity index (χ4n) is 10.2. The maximum absolute atomic E-state index is 12.2. The molecule has 10 heterocycles. The molecule has 9 saturated heterocycles. The first-order valence-electron chi connectivity index (χ1n) is 25.2. The molecule has 9 unspecified atom stereocenters. The molecule has 472 valence electrons. The number of nitrogens with one attached hydrogen (secondary N) is 4. The number of rotatable bonds is 19. The molecule has 0 aromatic carbocycles. The van der Waals surface area contributed by atoms with E-state index in [4.69, 9.17) is 33.6 Å². The van der Waals surface area contributed by atoms with Gasteiger partial charge in [-0.05, 0) is 71.3 Å². The number of urea groups is 4. The van der Waals surface area contributed by atoms with Crippen molar-refractivity contribution in [3.63, 3.8) is 0 Å². The third kappa shape index (κ3) is 16.9. The summed E-state index contributed by atoms with van der Waals surface area (Å²) in [5.74, 6) is -1.69. The second-order valence-corrected chi connectivity index (χ2v) is 24.4. The van der Waals surface area contributed by atoms with Crippen LogP contribution in [0.5, 0.6) is 0 Å². The van der Waals surface area contributed by atoms with Crippen LogP contribution in [0.15, 0.2) is 5.51 Å². The minimum atomic E-state index is -4.81. The van der Waals surface area contributed by atoms with Gasteiger partial charge in [-0.1, -0.05) is 0 Å². The summed E-state index contributed by atoms with van der Waals surface area (Å²) in [6.45, 7) is 3.75. The maximum Gasteiger partial charge on any atom is 0.418 e. The van der Waals surface area contributed by atoms with Crippen LogP contribution in [-0.2, 0) is 87.6 Å². The number of fused-ring (bicyclic) bond motifs is 8. The van der Waals surface area contributed by atoms with E-state index in [0.717, 1.165) is 22.9 Å². The molecule has 9 aliphatic heterocycles. The molecule has 46 heteroatoms. The summed E-state index contributed by atoms with van der Waals surface area (Å²) < 4.78 is 138. The van der Waals surface area contributed by atoms with Gasteiger partial charge in [-0.25, -0.2) is 30.1 Å². The normalized spacial score (nSPS) is 27.2. The highest BCUT2D eigenvalue weighted by molar-refractivity contribution is 7.81. The highest BCUT2D eigenvalue weighted by Gasteiger charge is 2.53. The number of amides is 11. The molecule has 0 saturated carbocycles. The molecule has 9 aliphatic rings. The van der Waals surface area contributed by atoms with Crippen molar-refractivity contribution in [1.29, 1.82) is 0 Å². The minimum Gasteiger partial charge on any atom is -0.347 e. The number of hydrogen-bond acceptors (Lipinski definition) is 27. The van der Waals surface area contributed by atoms with Crippen LogP contribution in [0.3, 0.4) is 0 Å². The van der Waals surface area contributed by atoms with Gasteiger partial charge in [0, 0.05) is 39.3 Å². The Kier molecular flexibility index (Phi) is 21.2. The van der Waals surface area contributed by atoms with Crippen molar-refractivity contribution in [3.8, 4) is 0 Å². The van der Waals surface area contributed by atoms with Crippen LogP contribution in [-0.4, -0.2) is 257 Å². The topological polar surface area (TPSA) is 535 Å². The molecule has 41 nitrogen and oxygen atoms in total. The third-order valence-corrected chi connectivity index (χ3v) is 16.0. The van der Waals surface area contributed by atoms with E-state index in [9.17, 15) is 72.0 Å². The molecular formula is C38H59N15O26S5. The average Bonchev–Trinajstić information content (AvgIpc) is 2.35. The number of hydroxylamine groups is 10. The summed E-state index contributed by atoms with van der Waals surface area (Å²) in [7, 11) is -19.1. The number of hydrogen-bond donors (Lipinski definition) is 9. The lowest BCUT2D eigenvalue weighted by Gasteiger charge is -2.29. The van der Waals surface area contributed by atoms with Gasteiger partial charge in [-0.3, -0.25) is 47.1 Å². The van der Waals surface area contributed by atoms with Crippen molar-refractivity contribution in [2.75, 3.05) is 59.0 Å². The van der Waals surface area contributed by atoms with Crippen molar-refractivity contribution in [1.82, 2.24) is 71.6 Å². The van der Waals surface area contributed by atoms with Gasteiger partial charge in [0.25, 0.3) is 11.8 Å². The van der Waals surface area contributed by atoms with Crippen LogP contribution >= 0.6 is 11.3 Å². The number of piperidine rings is 4. The molecule has 1 aromatic rings. The van der Waals surface area contributed by atoms with Crippen LogP contribution in [0.1, 0.15) is 75.8 Å². The van der Waals surface area contributed by atoms with Gasteiger partial charge in [0.15, 0.2) is 0 Å². The molecule has 8 bridgehead atoms. The molecule has 10 rings (SSSR count). The van der Waals surface area contributed by atoms with Crippen molar-refractivity contribution in [3.05, 3.63) is 10.5 Å². The maximum atomic E-state index is 12.2. The van der Waals surface area contributed by atoms with Crippen molar-refractivity contribution in [2.45, 2.75) is 119 Å². The number of carbonyl (C=O) groups is 8. The van der Waals surface area contributed by atoms with E-state index in [1.165, 1.54) is 33.0 Å². The van der Waals surface area contributed by atoms with Gasteiger partial charge in [0.1, 0.15) is 34.4 Å². The van der Waals surface area contributed by atoms with Gasteiger partial charge in [0.2, 0.25) is 5.91 Å². The van der Waals surface area contributed by atoms with Crippen molar-refractivity contribution in [2.24, 2.45) is 5.73 Å². The fraction of sp³-hybridized carbons (Fsp3) is 0.737. The lowest BCUT2D eigenvalue weighted by atomic mass is 10.0. The largest absolute Gasteiger partial charge is 0.418 e. The Bertz CT molecular complexity index is 3090. The summed E-state index contributed by atoms with van der Waals surface area (Å²) in [5.41, 5.74) is 11.3. The predicted octanol–water partition coefficient (Wildman–Crippen LogP) is -4.70. The van der Waals surface area contributed by atoms with Gasteiger partial charge >= 0.3 is 65.7 Å². The van der Waals surface area contributed by atoms with E-state index in [0.29, 0.717) is 84.7 Å². The number of Topliss-reactive ketones (excluding diaryl/α,β-unsaturated/α-hetero) is 1. The zero-order chi connectivity index (χ0) is 61.6. The van der Waals surface area contributed by atoms with Gasteiger partial charge in [-0.2, -0.15) is 53.9 Å². The molecule has 0 aliphatic carbocycles. The average molecular weight is 1300 g/mol. The fourth-order valence-corrected chi connectivity index (χ4v) is 12.5. The Morgan fingerprint density at radius 1 is 0.607 bits per heavy atom. The first-order chi connectivity index (χ1) is 39.3. The highest BCUT2D eigenvalue weighted by Crippen LogP contribution is 2.39. The predicted molar refractivity (Wildman–Crippen MR) is 270 cm³/mol. The lowest BCUT2D eigenvalue weighted by molar-refractivity contribution is -0.142. The molecule has 9 atom stereocenters. The Balaban J connectivity index is 0.000000161. The molecule has 9 fully saturated rings. The molecule has 1 aromatic heterocycles. The zero-order valence-electron chi connectivity index (χ0n) is 43.9. The number of nitrogens with zero attached hydrogens (tertiary/aromatic N) is 10. The zero-order valence-corrected chi connectivity index (χ0v) is 47.9. The summed E-state index contributed by atoms with van der Waals surface area (Å²) in [6.07, 6.45) is 3.95. The number of ketones is 1. The van der Waals surface area contributed by atoms with E-state index in [2.05, 4.69) is 48.9 Å². The van der Waals surface area contributed by atoms with Crippen LogP contribution in [0.2, 0.25) is 0 Å². The number of aromatic nitrogens is 2. The Labute approximate surface area is 481 Å². The SMILES string of the molecule is CC(=O)CNC(=O)C1CCC2CN1C(=O)N2OS(=O)(=O)O.NCCONC(=O)C1CCC2CN1C(=O)N2OS(=O)(=O)O.O=C(NOC1CCNC1)C1CCC2CN1C(=O)N2OS(=O)(=O)O.O=C1N2CC(CCC2c2nncs2)N1OS(=O)(=O)O. The van der Waals surface area contributed by atoms with E-state index in [-0.39, 0.29) is 63.3 Å². The summed E-state index contributed by atoms with van der Waals surface area (Å²) in [4.78, 5) is 110. The lowest BCUT2D eigenvalue weighted by Crippen LogP contribution is -2.50. The molecular weight excluding hydrogens is 1240 g/mol. The van der Waals surface area contributed by atoms with Crippen molar-refractivity contribution >= 4 is 101 Å². The Hall–Kier alpha value is -5.96. The van der Waals surface area contributed by atoms with E-state index >= 15 is 0 Å². The monoisotopic (exact) mass is 1300 g/mol. The minimum absolute atomic E-state index is 0.107. The summed E-state index contributed by atoms with van der Waals surface area (Å²) in [6, 6.07) is -7.49. The Morgan fingerprint density at radius 2 is 1.01 bits per heavy atom. The quantitative estimate of drug-likeness (QED) is 0.0357. The smallest absolute Gasteiger partial charge is 0.347 e. The first kappa shape index (κ1) is 65.6. The van der Waals surface area contributed by atoms with E-state index < -0.39 is 120 Å². The van der Waals surface area contributed by atoms with Gasteiger partial charge < -0.3 is 36.0 Å². The van der Waals surface area contributed by atoms with Gasteiger partial charge in [0.05, 0.1) is 49.5 Å². The van der Waals surface area contributed by atoms with Crippen molar-refractivity contribution < 1.29 is 117 Å². The molecule has 0 radical (unpaired) electrons. The molecule has 0 spiro atoms. The number of carbonyl (C=O) groups excluding carboxylic acids is 8. The summed E-state index contributed by atoms with van der Waals surface area (Å²) in [5, 5.41) is 16.3. The van der Waals surface area contributed by atoms with Crippen LogP contribution in [0, 0.1) is 0 Å². The van der Waals surface area contributed by atoms with Crippen LogP contribution in [0.4, 0.5) is 19.2 Å². The first-order valence-corrected chi connectivity index (χ1v) is 31.6. The van der Waals surface area contributed by atoms with Gasteiger partial charge in [-0.15, -0.1) is 38.7 Å². The molecule has 11 amide bonds. The third-order valence-electron chi connectivity index (χ3n) is 13.8. The summed E-state index contributed by atoms with van der Waals surface area (Å²) >= 11 is 1.34. The number of nitrogens with two attached hydrogens (primary N) is 1.